The summed E-state index contributed by atoms with van der Waals surface area (Å²) in [6.45, 7) is 4.32. The summed E-state index contributed by atoms with van der Waals surface area (Å²) in [5.74, 6) is -1.07. The fourth-order valence-corrected chi connectivity index (χ4v) is 3.81. The summed E-state index contributed by atoms with van der Waals surface area (Å²) >= 11 is 0. The van der Waals surface area contributed by atoms with E-state index in [2.05, 4.69) is 21.5 Å². The Balaban J connectivity index is 1.66. The fraction of sp³-hybridized carbons (Fsp3) is 0.160. The van der Waals surface area contributed by atoms with Crippen molar-refractivity contribution in [3.63, 3.8) is 0 Å². The predicted octanol–water partition coefficient (Wildman–Crippen LogP) is 3.57. The Labute approximate surface area is 190 Å². The molecule has 0 spiro atoms. The molecule has 4 aromatic rings. The normalized spacial score (nSPS) is 10.7. The van der Waals surface area contributed by atoms with E-state index in [1.165, 1.54) is 6.07 Å². The minimum absolute atomic E-state index is 0.101. The van der Waals surface area contributed by atoms with Gasteiger partial charge >= 0.3 is 0 Å². The number of carbonyl (C=O) groups excluding carboxylic acids is 2. The summed E-state index contributed by atoms with van der Waals surface area (Å²) < 4.78 is 1.84. The van der Waals surface area contributed by atoms with Gasteiger partial charge in [-0.15, -0.1) is 0 Å². The van der Waals surface area contributed by atoms with Crippen molar-refractivity contribution in [3.05, 3.63) is 88.4 Å². The average Bonchev–Trinajstić information content (AvgIpc) is 3.12. The van der Waals surface area contributed by atoms with E-state index in [1.807, 2.05) is 30.7 Å². The van der Waals surface area contributed by atoms with E-state index < -0.39 is 11.8 Å². The van der Waals surface area contributed by atoms with Crippen LogP contribution in [0, 0.1) is 18.3 Å². The molecule has 8 heteroatoms. The quantitative estimate of drug-likeness (QED) is 0.476. The van der Waals surface area contributed by atoms with Gasteiger partial charge < -0.3 is 11.1 Å². The third-order valence-electron chi connectivity index (χ3n) is 5.44. The number of nitrogens with zero attached hydrogens (tertiary/aromatic N) is 4. The Kier molecular flexibility index (Phi) is 5.87. The molecule has 0 radical (unpaired) electrons. The van der Waals surface area contributed by atoms with Gasteiger partial charge in [-0.05, 0) is 43.2 Å². The van der Waals surface area contributed by atoms with Crippen LogP contribution in [0.25, 0.3) is 10.9 Å². The van der Waals surface area contributed by atoms with Crippen LogP contribution in [-0.2, 0) is 13.0 Å². The summed E-state index contributed by atoms with van der Waals surface area (Å²) in [7, 11) is 0. The van der Waals surface area contributed by atoms with Crippen LogP contribution in [0.5, 0.6) is 0 Å². The largest absolute Gasteiger partial charge is 0.366 e. The highest BCUT2D eigenvalue weighted by Gasteiger charge is 2.20. The Bertz CT molecular complexity index is 1410. The minimum Gasteiger partial charge on any atom is -0.366 e. The lowest BCUT2D eigenvalue weighted by molar-refractivity contribution is 0.100. The molecule has 2 aromatic carbocycles. The molecule has 0 aliphatic heterocycles. The van der Waals surface area contributed by atoms with Crippen molar-refractivity contribution < 1.29 is 9.59 Å². The molecule has 0 aliphatic rings. The van der Waals surface area contributed by atoms with Crippen LogP contribution >= 0.6 is 0 Å². The number of fused-ring (bicyclic) bond motifs is 1. The van der Waals surface area contributed by atoms with Crippen molar-refractivity contribution in [2.75, 3.05) is 5.32 Å². The van der Waals surface area contributed by atoms with Crippen molar-refractivity contribution >= 4 is 28.4 Å². The maximum absolute atomic E-state index is 13.1. The van der Waals surface area contributed by atoms with Gasteiger partial charge in [0.25, 0.3) is 5.91 Å². The van der Waals surface area contributed by atoms with Crippen molar-refractivity contribution in [1.29, 1.82) is 5.26 Å². The molecule has 0 aliphatic carbocycles. The number of para-hydroxylation sites is 1. The van der Waals surface area contributed by atoms with Crippen LogP contribution in [0.1, 0.15) is 50.3 Å². The van der Waals surface area contributed by atoms with E-state index in [9.17, 15) is 9.59 Å². The highest BCUT2D eigenvalue weighted by molar-refractivity contribution is 6.10. The topological polar surface area (TPSA) is 127 Å². The SMILES string of the molecule is CCc1c(NC(=O)c2cc(C(N)=O)c3ccccc3n2)c(C)nn1Cc1ccc(C#N)cc1. The summed E-state index contributed by atoms with van der Waals surface area (Å²) in [6.07, 6.45) is 0.643. The molecule has 0 atom stereocenters. The van der Waals surface area contributed by atoms with Gasteiger partial charge in [-0.1, -0.05) is 37.3 Å². The lowest BCUT2D eigenvalue weighted by Crippen LogP contribution is -2.18. The first-order valence-corrected chi connectivity index (χ1v) is 10.5. The van der Waals surface area contributed by atoms with Crippen LogP contribution in [0.3, 0.4) is 0 Å². The predicted molar refractivity (Wildman–Crippen MR) is 125 cm³/mol. The third-order valence-corrected chi connectivity index (χ3v) is 5.44. The molecule has 0 saturated carbocycles. The van der Waals surface area contributed by atoms with Gasteiger partial charge in [0.05, 0.1) is 46.3 Å². The van der Waals surface area contributed by atoms with Crippen LogP contribution in [0.15, 0.2) is 54.6 Å². The second kappa shape index (κ2) is 8.93. The molecule has 0 bridgehead atoms. The first-order valence-electron chi connectivity index (χ1n) is 10.5. The summed E-state index contributed by atoms with van der Waals surface area (Å²) in [4.78, 5) is 29.5. The van der Waals surface area contributed by atoms with E-state index in [-0.39, 0.29) is 11.3 Å². The Morgan fingerprint density at radius 3 is 2.55 bits per heavy atom. The zero-order valence-electron chi connectivity index (χ0n) is 18.3. The molecule has 0 saturated heterocycles. The number of anilines is 1. The smallest absolute Gasteiger partial charge is 0.274 e. The van der Waals surface area contributed by atoms with Crippen LogP contribution in [0.2, 0.25) is 0 Å². The molecule has 0 fully saturated rings. The van der Waals surface area contributed by atoms with Gasteiger partial charge in [-0.25, -0.2) is 4.98 Å². The lowest BCUT2D eigenvalue weighted by Gasteiger charge is -2.11. The number of benzene rings is 2. The van der Waals surface area contributed by atoms with E-state index >= 15 is 0 Å². The number of nitrogens with two attached hydrogens (primary N) is 1. The molecule has 2 amide bonds. The monoisotopic (exact) mass is 438 g/mol. The molecule has 0 unspecified atom stereocenters. The summed E-state index contributed by atoms with van der Waals surface area (Å²) in [6, 6.07) is 17.9. The van der Waals surface area contributed by atoms with Crippen LogP contribution in [-0.4, -0.2) is 26.6 Å². The number of nitrogens with one attached hydrogen (secondary N) is 1. The van der Waals surface area contributed by atoms with Crippen molar-refractivity contribution in [2.45, 2.75) is 26.8 Å². The zero-order valence-corrected chi connectivity index (χ0v) is 18.3. The first-order chi connectivity index (χ1) is 15.9. The van der Waals surface area contributed by atoms with E-state index in [0.29, 0.717) is 40.8 Å². The number of hydrogen-bond acceptors (Lipinski definition) is 5. The van der Waals surface area contributed by atoms with E-state index in [0.717, 1.165) is 11.3 Å². The molecule has 8 nitrogen and oxygen atoms in total. The number of amides is 2. The van der Waals surface area contributed by atoms with Crippen molar-refractivity contribution in [3.8, 4) is 6.07 Å². The number of hydrogen-bond donors (Lipinski definition) is 2. The van der Waals surface area contributed by atoms with E-state index in [1.54, 1.807) is 36.4 Å². The first kappa shape index (κ1) is 21.7. The van der Waals surface area contributed by atoms with Gasteiger partial charge in [0, 0.05) is 5.39 Å². The Hall–Kier alpha value is -4.51. The highest BCUT2D eigenvalue weighted by Crippen LogP contribution is 2.24. The second-order valence-electron chi connectivity index (χ2n) is 7.62. The number of aromatic nitrogens is 3. The molecular weight excluding hydrogens is 416 g/mol. The van der Waals surface area contributed by atoms with Crippen molar-refractivity contribution in [2.24, 2.45) is 5.73 Å². The molecule has 2 heterocycles. The standard InChI is InChI=1S/C25H22N6O2/c1-3-22-23(15(2)30-31(22)14-17-10-8-16(13-26)9-11-17)29-25(33)21-12-19(24(27)32)18-6-4-5-7-20(18)28-21/h4-12H,3,14H2,1-2H3,(H2,27,32)(H,29,33). The fourth-order valence-electron chi connectivity index (χ4n) is 3.81. The van der Waals surface area contributed by atoms with Gasteiger partial charge in [0.1, 0.15) is 5.69 Å². The highest BCUT2D eigenvalue weighted by atomic mass is 16.2. The lowest BCUT2D eigenvalue weighted by atomic mass is 10.1. The molecule has 4 rings (SSSR count). The number of pyridine rings is 1. The maximum atomic E-state index is 13.1. The number of nitriles is 1. The molecule has 164 valence electrons. The number of carbonyl (C=O) groups is 2. The molecule has 2 aromatic heterocycles. The number of aryl methyl sites for hydroxylation is 1. The minimum atomic E-state index is -0.622. The molecule has 33 heavy (non-hydrogen) atoms. The number of rotatable bonds is 6. The van der Waals surface area contributed by atoms with E-state index in [4.69, 9.17) is 11.0 Å². The van der Waals surface area contributed by atoms with Gasteiger partial charge in [0.15, 0.2) is 0 Å². The molecule has 3 N–H and O–H groups in total. The second-order valence-corrected chi connectivity index (χ2v) is 7.62. The van der Waals surface area contributed by atoms with Crippen LogP contribution in [0.4, 0.5) is 5.69 Å². The summed E-state index contributed by atoms with van der Waals surface area (Å²) in [5, 5.41) is 17.1. The zero-order chi connectivity index (χ0) is 23.5. The van der Waals surface area contributed by atoms with Gasteiger partial charge in [-0.2, -0.15) is 10.4 Å². The van der Waals surface area contributed by atoms with Crippen LogP contribution < -0.4 is 11.1 Å². The summed E-state index contributed by atoms with van der Waals surface area (Å²) in [5.41, 5.74) is 10.1. The average molecular weight is 438 g/mol. The number of primary amides is 1. The Morgan fingerprint density at radius 2 is 1.88 bits per heavy atom. The molecular formula is C25H22N6O2. The third kappa shape index (κ3) is 4.29. The van der Waals surface area contributed by atoms with Gasteiger partial charge in [-0.3, -0.25) is 14.3 Å². The van der Waals surface area contributed by atoms with Gasteiger partial charge in [0.2, 0.25) is 5.91 Å². The van der Waals surface area contributed by atoms with Crippen molar-refractivity contribution in [1.82, 2.24) is 14.8 Å². The maximum Gasteiger partial charge on any atom is 0.274 e. The Morgan fingerprint density at radius 1 is 1.15 bits per heavy atom.